The van der Waals surface area contributed by atoms with E-state index in [1.807, 2.05) is 24.0 Å². The van der Waals surface area contributed by atoms with Crippen LogP contribution in [-0.2, 0) is 9.59 Å². The molecule has 2 aromatic carbocycles. The van der Waals surface area contributed by atoms with Crippen LogP contribution in [0.2, 0.25) is 0 Å². The number of hydrogen-bond donors (Lipinski definition) is 5. The van der Waals surface area contributed by atoms with Crippen molar-refractivity contribution < 1.29 is 19.1 Å². The van der Waals surface area contributed by atoms with Gasteiger partial charge >= 0.3 is 5.69 Å². The Morgan fingerprint density at radius 2 is 1.80 bits per heavy atom. The molecule has 1 aliphatic heterocycles. The van der Waals surface area contributed by atoms with Crippen LogP contribution in [-0.4, -0.2) is 37.3 Å². The van der Waals surface area contributed by atoms with Crippen LogP contribution in [0, 0.1) is 12.7 Å². The number of aryl methyl sites for hydroxylation is 1. The first-order valence-corrected chi connectivity index (χ1v) is 11.3. The van der Waals surface area contributed by atoms with Gasteiger partial charge in [-0.1, -0.05) is 41.6 Å². The predicted molar refractivity (Wildman–Crippen MR) is 129 cm³/mol. The smallest absolute Gasteiger partial charge is 0.328 e. The first-order chi connectivity index (χ1) is 16.7. The number of H-pyrrole nitrogens is 2. The number of amides is 2. The van der Waals surface area contributed by atoms with Gasteiger partial charge in [0.1, 0.15) is 22.7 Å². The highest BCUT2D eigenvalue weighted by atomic mass is 32.2. The molecule has 0 spiro atoms. The van der Waals surface area contributed by atoms with Crippen LogP contribution in [0.3, 0.4) is 0 Å². The van der Waals surface area contributed by atoms with Gasteiger partial charge in [-0.05, 0) is 36.8 Å². The van der Waals surface area contributed by atoms with Gasteiger partial charge in [0.2, 0.25) is 17.7 Å². The van der Waals surface area contributed by atoms with Gasteiger partial charge in [0.15, 0.2) is 5.17 Å². The normalized spacial score (nSPS) is 17.3. The number of carbonyl (C=O) groups is 2. The van der Waals surface area contributed by atoms with Crippen LogP contribution < -0.4 is 21.9 Å². The Bertz CT molecular complexity index is 1420. The highest BCUT2D eigenvalue weighted by molar-refractivity contribution is 8.15. The van der Waals surface area contributed by atoms with Crippen molar-refractivity contribution in [2.45, 2.75) is 24.6 Å². The Balaban J connectivity index is 1.58. The third-order valence-electron chi connectivity index (χ3n) is 5.15. The van der Waals surface area contributed by atoms with Crippen LogP contribution in [0.25, 0.3) is 0 Å². The molecule has 0 aliphatic carbocycles. The van der Waals surface area contributed by atoms with Gasteiger partial charge in [-0.2, -0.15) is 0 Å². The number of anilines is 1. The minimum atomic E-state index is -1.18. The zero-order valence-corrected chi connectivity index (χ0v) is 19.1. The van der Waals surface area contributed by atoms with Gasteiger partial charge < -0.3 is 15.7 Å². The number of hydrogen-bond acceptors (Lipinski definition) is 7. The number of nitrogens with one attached hydrogen (secondary N) is 4. The fourth-order valence-corrected chi connectivity index (χ4v) is 4.42. The molecular weight excluding hydrogens is 477 g/mol. The molecule has 10 nitrogen and oxygen atoms in total. The SMILES string of the molecule is Cc1ccc(NC(=O)CC2SC(=NC(c3ccc(F)cc3)c3c(O)[nH]c(=O)[nH]c3=O)NC2=O)cc1. The van der Waals surface area contributed by atoms with E-state index in [0.29, 0.717) is 11.3 Å². The van der Waals surface area contributed by atoms with E-state index in [4.69, 9.17) is 0 Å². The number of aliphatic imine (C=N–C) groups is 1. The van der Waals surface area contributed by atoms with E-state index < -0.39 is 40.1 Å². The summed E-state index contributed by atoms with van der Waals surface area (Å²) in [5.41, 5.74) is -0.140. The van der Waals surface area contributed by atoms with Crippen molar-refractivity contribution >= 4 is 34.4 Å². The molecule has 0 saturated carbocycles. The largest absolute Gasteiger partial charge is 0.494 e. The average molecular weight is 498 g/mol. The molecule has 12 heteroatoms. The first-order valence-electron chi connectivity index (χ1n) is 10.4. The summed E-state index contributed by atoms with van der Waals surface area (Å²) in [4.78, 5) is 57.4. The molecule has 0 bridgehead atoms. The van der Waals surface area contributed by atoms with E-state index in [1.54, 1.807) is 12.1 Å². The lowest BCUT2D eigenvalue weighted by Gasteiger charge is -2.14. The quantitative estimate of drug-likeness (QED) is 0.350. The van der Waals surface area contributed by atoms with E-state index in [1.165, 1.54) is 12.1 Å². The van der Waals surface area contributed by atoms with Gasteiger partial charge in [-0.15, -0.1) is 0 Å². The number of benzene rings is 2. The lowest BCUT2D eigenvalue weighted by atomic mass is 10.0. The van der Waals surface area contributed by atoms with E-state index in [-0.39, 0.29) is 23.1 Å². The van der Waals surface area contributed by atoms with Crippen LogP contribution in [0.4, 0.5) is 10.1 Å². The maximum Gasteiger partial charge on any atom is 0.328 e. The van der Waals surface area contributed by atoms with Crippen molar-refractivity contribution in [1.29, 1.82) is 0 Å². The lowest BCUT2D eigenvalue weighted by molar-refractivity contribution is -0.122. The average Bonchev–Trinajstić information content (AvgIpc) is 3.13. The number of halogens is 1. The molecule has 180 valence electrons. The molecule has 5 N–H and O–H groups in total. The Labute approximate surface area is 201 Å². The second-order valence-electron chi connectivity index (χ2n) is 7.77. The number of aromatic amines is 2. The minimum Gasteiger partial charge on any atom is -0.494 e. The van der Waals surface area contributed by atoms with Crippen molar-refractivity contribution in [1.82, 2.24) is 15.3 Å². The molecule has 2 unspecified atom stereocenters. The standard InChI is InChI=1S/C23H20FN5O5S/c1-11-2-8-14(9-3-11)25-16(30)10-15-19(31)29-23(35-15)26-18(12-4-6-13(24)7-5-12)17-20(32)27-22(34)28-21(17)33/h2-9,15,18H,10H2,1H3,(H,25,30)(H,26,29,31)(H3,27,28,32,33,34). The molecule has 0 radical (unpaired) electrons. The Morgan fingerprint density at radius 3 is 2.46 bits per heavy atom. The number of aromatic hydroxyl groups is 1. The van der Waals surface area contributed by atoms with Crippen molar-refractivity contribution in [3.63, 3.8) is 0 Å². The maximum absolute atomic E-state index is 13.5. The number of aromatic nitrogens is 2. The minimum absolute atomic E-state index is 0.0995. The topological polar surface area (TPSA) is 157 Å². The van der Waals surface area contributed by atoms with Crippen LogP contribution in [0.5, 0.6) is 5.88 Å². The van der Waals surface area contributed by atoms with Gasteiger partial charge in [0, 0.05) is 12.1 Å². The van der Waals surface area contributed by atoms with E-state index in [9.17, 15) is 28.7 Å². The second-order valence-corrected chi connectivity index (χ2v) is 8.96. The summed E-state index contributed by atoms with van der Waals surface area (Å²) >= 11 is 0.984. The highest BCUT2D eigenvalue weighted by Crippen LogP contribution is 2.31. The Kier molecular flexibility index (Phi) is 6.82. The van der Waals surface area contributed by atoms with Crippen LogP contribution in [0.1, 0.15) is 29.2 Å². The Hall–Kier alpha value is -4.19. The van der Waals surface area contributed by atoms with Crippen LogP contribution >= 0.6 is 11.8 Å². The van der Waals surface area contributed by atoms with Crippen molar-refractivity contribution in [2.75, 3.05) is 5.32 Å². The fourth-order valence-electron chi connectivity index (χ4n) is 3.42. The number of thioether (sulfide) groups is 1. The lowest BCUT2D eigenvalue weighted by Crippen LogP contribution is -2.29. The van der Waals surface area contributed by atoms with Crippen molar-refractivity contribution in [2.24, 2.45) is 4.99 Å². The predicted octanol–water partition coefficient (Wildman–Crippen LogP) is 1.92. The Morgan fingerprint density at radius 1 is 1.11 bits per heavy atom. The summed E-state index contributed by atoms with van der Waals surface area (Å²) in [6.45, 7) is 1.92. The molecular formula is C23H20FN5O5S. The number of rotatable bonds is 6. The molecule has 1 saturated heterocycles. The monoisotopic (exact) mass is 497 g/mol. The molecule has 2 amide bonds. The molecule has 4 rings (SSSR count). The first kappa shape index (κ1) is 24.0. The number of amidine groups is 1. The highest BCUT2D eigenvalue weighted by Gasteiger charge is 2.33. The van der Waals surface area contributed by atoms with Gasteiger partial charge in [-0.25, -0.2) is 14.2 Å². The summed E-state index contributed by atoms with van der Waals surface area (Å²) < 4.78 is 13.5. The van der Waals surface area contributed by atoms with Gasteiger partial charge in [-0.3, -0.25) is 24.4 Å². The van der Waals surface area contributed by atoms with E-state index in [2.05, 4.69) is 20.6 Å². The molecule has 1 aromatic heterocycles. The maximum atomic E-state index is 13.5. The third kappa shape index (κ3) is 5.66. The van der Waals surface area contributed by atoms with Crippen molar-refractivity contribution in [3.8, 4) is 5.88 Å². The zero-order chi connectivity index (χ0) is 25.1. The molecule has 3 aromatic rings. The van der Waals surface area contributed by atoms with Crippen LogP contribution in [0.15, 0.2) is 63.1 Å². The molecule has 1 aliphatic rings. The number of carbonyl (C=O) groups excluding carboxylic acids is 2. The van der Waals surface area contributed by atoms with Gasteiger partial charge in [0.25, 0.3) is 5.56 Å². The zero-order valence-electron chi connectivity index (χ0n) is 18.3. The molecule has 2 atom stereocenters. The number of nitrogens with zero attached hydrogens (tertiary/aromatic N) is 1. The summed E-state index contributed by atoms with van der Waals surface area (Å²) in [6, 6.07) is 11.0. The third-order valence-corrected chi connectivity index (χ3v) is 6.24. The molecule has 2 heterocycles. The molecule has 1 fully saturated rings. The summed E-state index contributed by atoms with van der Waals surface area (Å²) in [7, 11) is 0. The van der Waals surface area contributed by atoms with Gasteiger partial charge in [0.05, 0.1) is 0 Å². The molecule has 35 heavy (non-hydrogen) atoms. The van der Waals surface area contributed by atoms with E-state index in [0.717, 1.165) is 29.5 Å². The fraction of sp³-hybridized carbons (Fsp3) is 0.174. The summed E-state index contributed by atoms with van der Waals surface area (Å²) in [6.07, 6.45) is -0.130. The summed E-state index contributed by atoms with van der Waals surface area (Å²) in [5, 5.41) is 14.9. The van der Waals surface area contributed by atoms with E-state index >= 15 is 0 Å². The second kappa shape index (κ2) is 9.97. The summed E-state index contributed by atoms with van der Waals surface area (Å²) in [5.74, 6) is -2.05. The van der Waals surface area contributed by atoms with Crippen molar-refractivity contribution in [3.05, 3.63) is 91.9 Å².